The molecule has 2 unspecified atom stereocenters. The molecule has 0 bridgehead atoms. The van der Waals surface area contributed by atoms with E-state index in [-0.39, 0.29) is 11.8 Å². The number of rotatable bonds is 4. The van der Waals surface area contributed by atoms with E-state index in [2.05, 4.69) is 0 Å². The maximum atomic E-state index is 12.3. The summed E-state index contributed by atoms with van der Waals surface area (Å²) in [6.07, 6.45) is 0.830. The van der Waals surface area contributed by atoms with Crippen LogP contribution in [0.15, 0.2) is 24.3 Å². The first-order chi connectivity index (χ1) is 9.60. The lowest BCUT2D eigenvalue weighted by Crippen LogP contribution is -2.46. The van der Waals surface area contributed by atoms with Gasteiger partial charge >= 0.3 is 0 Å². The quantitative estimate of drug-likeness (QED) is 0.914. The first-order valence-electron chi connectivity index (χ1n) is 7.27. The number of carbonyl (C=O) groups excluding carboxylic acids is 1. The maximum Gasteiger partial charge on any atom is 0.227 e. The van der Waals surface area contributed by atoms with E-state index >= 15 is 0 Å². The third kappa shape index (κ3) is 3.73. The van der Waals surface area contributed by atoms with Crippen LogP contribution < -0.4 is 4.74 Å². The van der Waals surface area contributed by atoms with Crippen molar-refractivity contribution in [2.24, 2.45) is 5.92 Å². The van der Waals surface area contributed by atoms with Crippen molar-refractivity contribution in [3.63, 3.8) is 0 Å². The minimum Gasteiger partial charge on any atom is -0.494 e. The van der Waals surface area contributed by atoms with E-state index in [0.29, 0.717) is 19.6 Å². The number of aliphatic hydroxyl groups is 1. The molecule has 20 heavy (non-hydrogen) atoms. The summed E-state index contributed by atoms with van der Waals surface area (Å²) in [4.78, 5) is 14.0. The van der Waals surface area contributed by atoms with Crippen LogP contribution in [0.4, 0.5) is 0 Å². The average molecular weight is 277 g/mol. The average Bonchev–Trinajstić information content (AvgIpc) is 2.42. The third-order valence-corrected chi connectivity index (χ3v) is 3.84. The number of carbonyl (C=O) groups is 1. The number of likely N-dealkylation sites (tertiary alicyclic amines) is 1. The first kappa shape index (κ1) is 14.9. The SMILES string of the molecule is CCOc1cccc(CC(=O)N2CCC(C)C(O)C2)c1. The predicted octanol–water partition coefficient (Wildman–Crippen LogP) is 1.86. The number of nitrogens with zero attached hydrogens (tertiary/aromatic N) is 1. The van der Waals surface area contributed by atoms with E-state index in [0.717, 1.165) is 24.3 Å². The Balaban J connectivity index is 1.95. The second kappa shape index (κ2) is 6.75. The van der Waals surface area contributed by atoms with Gasteiger partial charge in [0.05, 0.1) is 19.1 Å². The van der Waals surface area contributed by atoms with Crippen LogP contribution in [-0.2, 0) is 11.2 Å². The number of piperidine rings is 1. The van der Waals surface area contributed by atoms with Gasteiger partial charge in [-0.15, -0.1) is 0 Å². The Labute approximate surface area is 120 Å². The topological polar surface area (TPSA) is 49.8 Å². The van der Waals surface area contributed by atoms with E-state index in [1.807, 2.05) is 38.1 Å². The van der Waals surface area contributed by atoms with Gasteiger partial charge in [0, 0.05) is 13.1 Å². The Bertz CT molecular complexity index is 461. The van der Waals surface area contributed by atoms with Gasteiger partial charge in [0.1, 0.15) is 5.75 Å². The summed E-state index contributed by atoms with van der Waals surface area (Å²) in [5.41, 5.74) is 0.953. The van der Waals surface area contributed by atoms with Crippen molar-refractivity contribution in [1.29, 1.82) is 0 Å². The molecule has 1 aromatic carbocycles. The standard InChI is InChI=1S/C16H23NO3/c1-3-20-14-6-4-5-13(9-14)10-16(19)17-8-7-12(2)15(18)11-17/h4-6,9,12,15,18H,3,7-8,10-11H2,1-2H3. The number of benzene rings is 1. The number of amides is 1. The zero-order valence-electron chi connectivity index (χ0n) is 12.2. The summed E-state index contributed by atoms with van der Waals surface area (Å²) in [5, 5.41) is 9.86. The molecular weight excluding hydrogens is 254 g/mol. The molecule has 0 saturated carbocycles. The molecule has 1 saturated heterocycles. The molecule has 0 radical (unpaired) electrons. The maximum absolute atomic E-state index is 12.3. The normalized spacial score (nSPS) is 22.6. The molecule has 1 aliphatic rings. The highest BCUT2D eigenvalue weighted by atomic mass is 16.5. The molecule has 1 heterocycles. The molecule has 1 aliphatic heterocycles. The van der Waals surface area contributed by atoms with Crippen LogP contribution in [0.25, 0.3) is 0 Å². The van der Waals surface area contributed by atoms with Crippen LogP contribution in [0.5, 0.6) is 5.75 Å². The van der Waals surface area contributed by atoms with Gasteiger partial charge in [-0.05, 0) is 37.0 Å². The van der Waals surface area contributed by atoms with Gasteiger partial charge in [-0.3, -0.25) is 4.79 Å². The van der Waals surface area contributed by atoms with E-state index in [1.54, 1.807) is 4.90 Å². The second-order valence-electron chi connectivity index (χ2n) is 5.43. The van der Waals surface area contributed by atoms with Gasteiger partial charge in [0.2, 0.25) is 5.91 Å². The lowest BCUT2D eigenvalue weighted by Gasteiger charge is -2.34. The minimum absolute atomic E-state index is 0.0737. The van der Waals surface area contributed by atoms with Gasteiger partial charge in [0.15, 0.2) is 0 Å². The summed E-state index contributed by atoms with van der Waals surface area (Å²) in [6, 6.07) is 7.64. The molecule has 110 valence electrons. The monoisotopic (exact) mass is 277 g/mol. The Hall–Kier alpha value is -1.55. The zero-order chi connectivity index (χ0) is 14.5. The molecule has 2 rings (SSSR count). The van der Waals surface area contributed by atoms with E-state index in [9.17, 15) is 9.90 Å². The molecular formula is C16H23NO3. The molecule has 1 N–H and O–H groups in total. The van der Waals surface area contributed by atoms with Crippen LogP contribution in [0.3, 0.4) is 0 Å². The molecule has 1 aromatic rings. The number of ether oxygens (including phenoxy) is 1. The fourth-order valence-corrected chi connectivity index (χ4v) is 2.47. The molecule has 1 amide bonds. The van der Waals surface area contributed by atoms with Crippen LogP contribution in [0, 0.1) is 5.92 Å². The highest BCUT2D eigenvalue weighted by Crippen LogP contribution is 2.19. The zero-order valence-corrected chi connectivity index (χ0v) is 12.2. The van der Waals surface area contributed by atoms with Crippen molar-refractivity contribution in [3.05, 3.63) is 29.8 Å². The largest absolute Gasteiger partial charge is 0.494 e. The summed E-state index contributed by atoms with van der Waals surface area (Å²) in [7, 11) is 0. The Kier molecular flexibility index (Phi) is 5.01. The fourth-order valence-electron chi connectivity index (χ4n) is 2.47. The summed E-state index contributed by atoms with van der Waals surface area (Å²) >= 11 is 0. The molecule has 1 fully saturated rings. The van der Waals surface area contributed by atoms with Gasteiger partial charge < -0.3 is 14.7 Å². The molecule has 2 atom stereocenters. The van der Waals surface area contributed by atoms with Crippen LogP contribution >= 0.6 is 0 Å². The van der Waals surface area contributed by atoms with Gasteiger partial charge in [0.25, 0.3) is 0 Å². The number of β-amino-alcohol motifs (C(OH)–C–C–N with tert-alkyl or cyclic N) is 1. The highest BCUT2D eigenvalue weighted by Gasteiger charge is 2.27. The number of aliphatic hydroxyl groups excluding tert-OH is 1. The number of hydrogen-bond donors (Lipinski definition) is 1. The summed E-state index contributed by atoms with van der Waals surface area (Å²) in [5.74, 6) is 1.15. The smallest absolute Gasteiger partial charge is 0.227 e. The van der Waals surface area contributed by atoms with Crippen LogP contribution in [-0.4, -0.2) is 41.7 Å². The minimum atomic E-state index is -0.401. The van der Waals surface area contributed by atoms with E-state index in [1.165, 1.54) is 0 Å². The van der Waals surface area contributed by atoms with Gasteiger partial charge in [-0.2, -0.15) is 0 Å². The van der Waals surface area contributed by atoms with Crippen LogP contribution in [0.1, 0.15) is 25.8 Å². The van der Waals surface area contributed by atoms with Gasteiger partial charge in [-0.1, -0.05) is 19.1 Å². The number of hydrogen-bond acceptors (Lipinski definition) is 3. The lowest BCUT2D eigenvalue weighted by atomic mass is 9.95. The van der Waals surface area contributed by atoms with E-state index in [4.69, 9.17) is 4.74 Å². The van der Waals surface area contributed by atoms with E-state index < -0.39 is 6.10 Å². The van der Waals surface area contributed by atoms with Crippen molar-refractivity contribution in [1.82, 2.24) is 4.90 Å². The van der Waals surface area contributed by atoms with Crippen LogP contribution in [0.2, 0.25) is 0 Å². The Morgan fingerprint density at radius 2 is 2.30 bits per heavy atom. The van der Waals surface area contributed by atoms with Crippen molar-refractivity contribution >= 4 is 5.91 Å². The van der Waals surface area contributed by atoms with Gasteiger partial charge in [-0.25, -0.2) is 0 Å². The Morgan fingerprint density at radius 1 is 1.50 bits per heavy atom. The molecule has 4 heteroatoms. The molecule has 0 aromatic heterocycles. The summed E-state index contributed by atoms with van der Waals surface area (Å²) < 4.78 is 5.44. The van der Waals surface area contributed by atoms with Crippen molar-refractivity contribution in [2.75, 3.05) is 19.7 Å². The highest BCUT2D eigenvalue weighted by molar-refractivity contribution is 5.79. The van der Waals surface area contributed by atoms with Crippen molar-refractivity contribution in [2.45, 2.75) is 32.8 Å². The third-order valence-electron chi connectivity index (χ3n) is 3.84. The molecule has 0 spiro atoms. The predicted molar refractivity (Wildman–Crippen MR) is 77.7 cm³/mol. The lowest BCUT2D eigenvalue weighted by molar-refractivity contribution is -0.134. The molecule has 0 aliphatic carbocycles. The van der Waals surface area contributed by atoms with Crippen molar-refractivity contribution < 1.29 is 14.6 Å². The Morgan fingerprint density at radius 3 is 3.00 bits per heavy atom. The first-order valence-corrected chi connectivity index (χ1v) is 7.27. The van der Waals surface area contributed by atoms with Crippen molar-refractivity contribution in [3.8, 4) is 5.75 Å². The summed E-state index contributed by atoms with van der Waals surface area (Å²) in [6.45, 7) is 5.77. The second-order valence-corrected chi connectivity index (χ2v) is 5.43. The molecule has 4 nitrogen and oxygen atoms in total. The fraction of sp³-hybridized carbons (Fsp3) is 0.562.